The number of carbonyl (C=O) groups excluding carboxylic acids is 1. The van der Waals surface area contributed by atoms with Crippen LogP contribution >= 0.6 is 0 Å². The second-order valence-electron chi connectivity index (χ2n) is 4.01. The third kappa shape index (κ3) is 6.42. The molecule has 0 unspecified atom stereocenters. The summed E-state index contributed by atoms with van der Waals surface area (Å²) in [5.74, 6) is -0.534. The number of esters is 1. The zero-order valence-electron chi connectivity index (χ0n) is 11.0. The third-order valence-corrected chi connectivity index (χ3v) is 2.48. The molecule has 1 N–H and O–H groups in total. The number of ether oxygens (including phenoxy) is 2. The molecule has 112 valence electrons. The van der Waals surface area contributed by atoms with Crippen LogP contribution in [-0.2, 0) is 16.1 Å². The molecule has 4 nitrogen and oxygen atoms in total. The molecule has 0 aromatic heterocycles. The van der Waals surface area contributed by atoms with Gasteiger partial charge in [0.25, 0.3) is 0 Å². The van der Waals surface area contributed by atoms with E-state index >= 15 is 0 Å². The molecule has 0 saturated carbocycles. The van der Waals surface area contributed by atoms with Crippen molar-refractivity contribution in [1.29, 1.82) is 0 Å². The highest BCUT2D eigenvalue weighted by Gasteiger charge is 2.31. The Morgan fingerprint density at radius 3 is 2.65 bits per heavy atom. The molecular formula is C13H16F3NO3. The molecule has 7 heteroatoms. The van der Waals surface area contributed by atoms with Crippen LogP contribution in [0.4, 0.5) is 13.2 Å². The number of para-hydroxylation sites is 1. The molecule has 0 heterocycles. The molecule has 0 saturated heterocycles. The lowest BCUT2D eigenvalue weighted by atomic mass is 10.2. The minimum absolute atomic E-state index is 0.222. The highest BCUT2D eigenvalue weighted by Crippen LogP contribution is 2.25. The fraction of sp³-hybridized carbons (Fsp3) is 0.462. The molecule has 0 aliphatic heterocycles. The monoisotopic (exact) mass is 291 g/mol. The average molecular weight is 291 g/mol. The van der Waals surface area contributed by atoms with E-state index < -0.39 is 6.36 Å². The van der Waals surface area contributed by atoms with Crippen LogP contribution in [0.15, 0.2) is 24.3 Å². The summed E-state index contributed by atoms with van der Waals surface area (Å²) in [6.45, 7) is 0.725. The predicted molar refractivity (Wildman–Crippen MR) is 66.1 cm³/mol. The lowest BCUT2D eigenvalue weighted by Crippen LogP contribution is -2.20. The van der Waals surface area contributed by atoms with Crippen LogP contribution in [0.1, 0.15) is 18.4 Å². The number of rotatable bonds is 7. The first-order valence-corrected chi connectivity index (χ1v) is 6.03. The Kier molecular flexibility index (Phi) is 6.30. The first-order valence-electron chi connectivity index (χ1n) is 6.03. The topological polar surface area (TPSA) is 47.6 Å². The molecule has 0 atom stereocenters. The third-order valence-electron chi connectivity index (χ3n) is 2.48. The van der Waals surface area contributed by atoms with Gasteiger partial charge in [0, 0.05) is 18.5 Å². The smallest absolute Gasteiger partial charge is 0.469 e. The largest absolute Gasteiger partial charge is 0.573 e. The van der Waals surface area contributed by atoms with Crippen molar-refractivity contribution < 1.29 is 27.4 Å². The van der Waals surface area contributed by atoms with Crippen molar-refractivity contribution in [3.8, 4) is 5.75 Å². The van der Waals surface area contributed by atoms with Crippen molar-refractivity contribution in [3.63, 3.8) is 0 Å². The number of carbonyl (C=O) groups is 1. The average Bonchev–Trinajstić information content (AvgIpc) is 2.38. The van der Waals surface area contributed by atoms with Gasteiger partial charge in [-0.25, -0.2) is 0 Å². The van der Waals surface area contributed by atoms with Crippen molar-refractivity contribution in [3.05, 3.63) is 29.8 Å². The van der Waals surface area contributed by atoms with Crippen molar-refractivity contribution >= 4 is 5.97 Å². The summed E-state index contributed by atoms with van der Waals surface area (Å²) in [5, 5.41) is 2.95. The van der Waals surface area contributed by atoms with Gasteiger partial charge in [-0.2, -0.15) is 0 Å². The van der Waals surface area contributed by atoms with E-state index in [0.29, 0.717) is 18.5 Å². The molecule has 0 aliphatic rings. The number of halogens is 3. The summed E-state index contributed by atoms with van der Waals surface area (Å²) < 4.78 is 45.0. The van der Waals surface area contributed by atoms with Crippen molar-refractivity contribution in [2.75, 3.05) is 13.7 Å². The van der Waals surface area contributed by atoms with Gasteiger partial charge >= 0.3 is 12.3 Å². The summed E-state index contributed by atoms with van der Waals surface area (Å²) in [4.78, 5) is 10.9. The molecule has 0 radical (unpaired) electrons. The van der Waals surface area contributed by atoms with Gasteiger partial charge in [0.1, 0.15) is 5.75 Å². The summed E-state index contributed by atoms with van der Waals surface area (Å²) in [6, 6.07) is 5.92. The van der Waals surface area contributed by atoms with E-state index in [-0.39, 0.29) is 24.7 Å². The van der Waals surface area contributed by atoms with E-state index in [1.54, 1.807) is 12.1 Å². The second-order valence-corrected chi connectivity index (χ2v) is 4.01. The maximum absolute atomic E-state index is 12.2. The van der Waals surface area contributed by atoms with Gasteiger partial charge in [0.2, 0.25) is 0 Å². The first-order chi connectivity index (χ1) is 9.42. The van der Waals surface area contributed by atoms with Crippen LogP contribution < -0.4 is 10.1 Å². The Morgan fingerprint density at radius 2 is 2.00 bits per heavy atom. The van der Waals surface area contributed by atoms with Gasteiger partial charge in [-0.15, -0.1) is 13.2 Å². The predicted octanol–water partition coefficient (Wildman–Crippen LogP) is 2.63. The van der Waals surface area contributed by atoms with E-state index in [1.165, 1.54) is 19.2 Å². The molecule has 0 aliphatic carbocycles. The van der Waals surface area contributed by atoms with Gasteiger partial charge in [-0.1, -0.05) is 18.2 Å². The molecule has 1 aromatic rings. The van der Waals surface area contributed by atoms with Crippen molar-refractivity contribution in [2.45, 2.75) is 25.7 Å². The van der Waals surface area contributed by atoms with Crippen LogP contribution in [0, 0.1) is 0 Å². The minimum Gasteiger partial charge on any atom is -0.469 e. The van der Waals surface area contributed by atoms with E-state index in [0.717, 1.165) is 0 Å². The number of hydrogen-bond acceptors (Lipinski definition) is 4. The molecule has 1 aromatic carbocycles. The molecule has 0 bridgehead atoms. The number of alkyl halides is 3. The number of hydrogen-bond donors (Lipinski definition) is 1. The number of nitrogens with one attached hydrogen (secondary N) is 1. The summed E-state index contributed by atoms with van der Waals surface area (Å²) in [7, 11) is 1.31. The Bertz CT molecular complexity index is 435. The molecule has 0 amide bonds. The van der Waals surface area contributed by atoms with Crippen LogP contribution in [0.2, 0.25) is 0 Å². The zero-order valence-corrected chi connectivity index (χ0v) is 11.0. The van der Waals surface area contributed by atoms with Crippen LogP contribution in [0.5, 0.6) is 5.75 Å². The molecular weight excluding hydrogens is 275 g/mol. The Hall–Kier alpha value is -1.76. The fourth-order valence-corrected chi connectivity index (χ4v) is 1.56. The standard InChI is InChI=1S/C13H16F3NO3/c1-19-12(18)7-4-8-17-9-10-5-2-3-6-11(10)20-13(14,15)16/h2-3,5-6,17H,4,7-9H2,1H3. The summed E-state index contributed by atoms with van der Waals surface area (Å²) >= 11 is 0. The SMILES string of the molecule is COC(=O)CCCNCc1ccccc1OC(F)(F)F. The Labute approximate surface area is 114 Å². The molecule has 0 fully saturated rings. The van der Waals surface area contributed by atoms with Crippen molar-refractivity contribution in [1.82, 2.24) is 5.32 Å². The van der Waals surface area contributed by atoms with Crippen molar-refractivity contribution in [2.24, 2.45) is 0 Å². The fourth-order valence-electron chi connectivity index (χ4n) is 1.56. The van der Waals surface area contributed by atoms with Gasteiger partial charge in [0.15, 0.2) is 0 Å². The normalized spacial score (nSPS) is 11.2. The summed E-state index contributed by atoms with van der Waals surface area (Å²) in [5.41, 5.74) is 0.405. The Morgan fingerprint density at radius 1 is 1.30 bits per heavy atom. The number of benzene rings is 1. The quantitative estimate of drug-likeness (QED) is 0.619. The zero-order chi connectivity index (χ0) is 15.0. The van der Waals surface area contributed by atoms with E-state index in [2.05, 4.69) is 14.8 Å². The highest BCUT2D eigenvalue weighted by atomic mass is 19.4. The van der Waals surface area contributed by atoms with Gasteiger partial charge in [0.05, 0.1) is 7.11 Å². The van der Waals surface area contributed by atoms with Gasteiger partial charge in [-0.05, 0) is 19.0 Å². The molecule has 20 heavy (non-hydrogen) atoms. The Balaban J connectivity index is 2.42. The lowest BCUT2D eigenvalue weighted by molar-refractivity contribution is -0.274. The van der Waals surface area contributed by atoms with E-state index in [9.17, 15) is 18.0 Å². The van der Waals surface area contributed by atoms with Gasteiger partial charge < -0.3 is 14.8 Å². The van der Waals surface area contributed by atoms with Gasteiger partial charge in [-0.3, -0.25) is 4.79 Å². The lowest BCUT2D eigenvalue weighted by Gasteiger charge is -2.13. The number of methoxy groups -OCH3 is 1. The van der Waals surface area contributed by atoms with Crippen LogP contribution in [-0.4, -0.2) is 26.0 Å². The maximum Gasteiger partial charge on any atom is 0.573 e. The minimum atomic E-state index is -4.71. The van der Waals surface area contributed by atoms with E-state index in [4.69, 9.17) is 0 Å². The highest BCUT2D eigenvalue weighted by molar-refractivity contribution is 5.69. The van der Waals surface area contributed by atoms with Crippen LogP contribution in [0.3, 0.4) is 0 Å². The maximum atomic E-state index is 12.2. The molecule has 0 spiro atoms. The van der Waals surface area contributed by atoms with Crippen LogP contribution in [0.25, 0.3) is 0 Å². The van der Waals surface area contributed by atoms with E-state index in [1.807, 2.05) is 0 Å². The summed E-state index contributed by atoms with van der Waals surface area (Å²) in [6.07, 6.45) is -3.89. The second kappa shape index (κ2) is 7.74. The first kappa shape index (κ1) is 16.3. The molecule has 1 rings (SSSR count).